The third-order valence-corrected chi connectivity index (χ3v) is 4.20. The van der Waals surface area contributed by atoms with E-state index in [-0.39, 0.29) is 12.0 Å². The third-order valence-electron chi connectivity index (χ3n) is 4.20. The Balaban J connectivity index is 1.45. The van der Waals surface area contributed by atoms with E-state index in [0.717, 1.165) is 16.7 Å². The second kappa shape index (κ2) is 5.92. The van der Waals surface area contributed by atoms with Crippen LogP contribution >= 0.6 is 0 Å². The Bertz CT molecular complexity index is 901. The molecule has 0 aliphatic carbocycles. The Morgan fingerprint density at radius 1 is 1.17 bits per heavy atom. The molecule has 1 aromatic heterocycles. The van der Waals surface area contributed by atoms with Crippen molar-refractivity contribution in [2.45, 2.75) is 6.10 Å². The third kappa shape index (κ3) is 2.58. The largest absolute Gasteiger partial charge is 0.486 e. The maximum Gasteiger partial charge on any atom is 0.253 e. The molecular weight excluding hydrogens is 304 g/mol. The van der Waals surface area contributed by atoms with Gasteiger partial charge in [0.15, 0.2) is 11.5 Å². The molecule has 0 saturated carbocycles. The molecule has 1 atom stereocenters. The lowest BCUT2D eigenvalue weighted by Gasteiger charge is -2.26. The predicted molar refractivity (Wildman–Crippen MR) is 91.6 cm³/mol. The van der Waals surface area contributed by atoms with Gasteiger partial charge in [0, 0.05) is 24.1 Å². The van der Waals surface area contributed by atoms with Gasteiger partial charge in [-0.3, -0.25) is 4.79 Å². The van der Waals surface area contributed by atoms with Crippen molar-refractivity contribution >= 4 is 16.8 Å². The van der Waals surface area contributed by atoms with Gasteiger partial charge in [0.25, 0.3) is 5.91 Å². The summed E-state index contributed by atoms with van der Waals surface area (Å²) in [6.07, 6.45) is 1.66. The molecule has 0 spiro atoms. The van der Waals surface area contributed by atoms with Crippen LogP contribution in [0.15, 0.2) is 54.7 Å². The molecule has 5 nitrogen and oxygen atoms in total. The lowest BCUT2D eigenvalue weighted by Crippen LogP contribution is -2.40. The van der Waals surface area contributed by atoms with Crippen LogP contribution in [-0.4, -0.2) is 29.7 Å². The molecule has 24 heavy (non-hydrogen) atoms. The maximum atomic E-state index is 12.5. The van der Waals surface area contributed by atoms with Crippen molar-refractivity contribution < 1.29 is 14.3 Å². The number of aromatic nitrogens is 1. The van der Waals surface area contributed by atoms with Crippen LogP contribution in [0.25, 0.3) is 10.9 Å². The van der Waals surface area contributed by atoms with E-state index in [4.69, 9.17) is 9.47 Å². The van der Waals surface area contributed by atoms with Crippen molar-refractivity contribution in [1.82, 2.24) is 9.88 Å². The first kappa shape index (κ1) is 14.6. The summed E-state index contributed by atoms with van der Waals surface area (Å²) < 4.78 is 13.5. The lowest BCUT2D eigenvalue weighted by molar-refractivity contribution is 0.0790. The minimum Gasteiger partial charge on any atom is -0.486 e. The van der Waals surface area contributed by atoms with E-state index in [9.17, 15) is 4.79 Å². The fourth-order valence-electron chi connectivity index (χ4n) is 2.99. The minimum atomic E-state index is -0.196. The molecule has 0 saturated heterocycles. The van der Waals surface area contributed by atoms with Crippen molar-refractivity contribution in [2.75, 3.05) is 13.2 Å². The molecule has 1 aliphatic heterocycles. The smallest absolute Gasteiger partial charge is 0.253 e. The Labute approximate surface area is 139 Å². The number of nitrogens with zero attached hydrogens (tertiary/aromatic N) is 1. The maximum absolute atomic E-state index is 12.5. The summed E-state index contributed by atoms with van der Waals surface area (Å²) in [5, 5.41) is 3.90. The summed E-state index contributed by atoms with van der Waals surface area (Å²) in [6.45, 7) is 0.823. The van der Waals surface area contributed by atoms with Gasteiger partial charge in [-0.25, -0.2) is 0 Å². The summed E-state index contributed by atoms with van der Waals surface area (Å²) in [6, 6.07) is 15.4. The molecule has 2 aromatic carbocycles. The zero-order valence-electron chi connectivity index (χ0n) is 13.4. The average molecular weight is 322 g/mol. The van der Waals surface area contributed by atoms with E-state index in [0.29, 0.717) is 24.5 Å². The van der Waals surface area contributed by atoms with Gasteiger partial charge in [0.1, 0.15) is 12.7 Å². The number of benzene rings is 2. The van der Waals surface area contributed by atoms with E-state index < -0.39 is 0 Å². The van der Waals surface area contributed by atoms with Gasteiger partial charge in [-0.1, -0.05) is 30.3 Å². The van der Waals surface area contributed by atoms with Crippen molar-refractivity contribution in [3.8, 4) is 11.5 Å². The SMILES string of the molecule is Cn1cc(C(=O)NC[C@@H]2COc3ccccc3O2)c2ccccc21. The van der Waals surface area contributed by atoms with Gasteiger partial charge in [-0.05, 0) is 18.2 Å². The quantitative estimate of drug-likeness (QED) is 0.807. The van der Waals surface area contributed by atoms with Crippen LogP contribution in [-0.2, 0) is 7.05 Å². The van der Waals surface area contributed by atoms with Crippen LogP contribution in [0.3, 0.4) is 0 Å². The van der Waals surface area contributed by atoms with Gasteiger partial charge in [0.05, 0.1) is 12.1 Å². The molecule has 122 valence electrons. The molecule has 0 bridgehead atoms. The van der Waals surface area contributed by atoms with Crippen LogP contribution in [0.4, 0.5) is 0 Å². The highest BCUT2D eigenvalue weighted by atomic mass is 16.6. The number of nitrogens with one attached hydrogen (secondary N) is 1. The Hall–Kier alpha value is -2.95. The van der Waals surface area contributed by atoms with Gasteiger partial charge in [-0.15, -0.1) is 0 Å². The number of ether oxygens (including phenoxy) is 2. The van der Waals surface area contributed by atoms with Gasteiger partial charge < -0.3 is 19.4 Å². The van der Waals surface area contributed by atoms with Crippen molar-refractivity contribution in [1.29, 1.82) is 0 Å². The number of fused-ring (bicyclic) bond motifs is 2. The summed E-state index contributed by atoms with van der Waals surface area (Å²) in [7, 11) is 1.94. The molecular formula is C19H18N2O3. The zero-order valence-corrected chi connectivity index (χ0v) is 13.4. The summed E-state index contributed by atoms with van der Waals surface area (Å²) in [4.78, 5) is 12.5. The molecule has 1 aliphatic rings. The molecule has 1 amide bonds. The van der Waals surface area contributed by atoms with Crippen LogP contribution in [0.1, 0.15) is 10.4 Å². The second-order valence-corrected chi connectivity index (χ2v) is 5.88. The van der Waals surface area contributed by atoms with Crippen LogP contribution in [0, 0.1) is 0 Å². The van der Waals surface area contributed by atoms with E-state index in [1.165, 1.54) is 0 Å². The summed E-state index contributed by atoms with van der Waals surface area (Å²) in [5.41, 5.74) is 1.71. The number of rotatable bonds is 3. The molecule has 0 fully saturated rings. The summed E-state index contributed by atoms with van der Waals surface area (Å²) in [5.74, 6) is 1.36. The summed E-state index contributed by atoms with van der Waals surface area (Å²) >= 11 is 0. The number of amides is 1. The molecule has 3 aromatic rings. The number of carbonyl (C=O) groups excluding carboxylic acids is 1. The van der Waals surface area contributed by atoms with E-state index >= 15 is 0 Å². The van der Waals surface area contributed by atoms with Crippen molar-refractivity contribution in [3.63, 3.8) is 0 Å². The second-order valence-electron chi connectivity index (χ2n) is 5.88. The first-order chi connectivity index (χ1) is 11.7. The van der Waals surface area contributed by atoms with E-state index in [2.05, 4.69) is 5.32 Å². The molecule has 4 rings (SSSR count). The number of aryl methyl sites for hydroxylation is 1. The Kier molecular flexibility index (Phi) is 3.61. The zero-order chi connectivity index (χ0) is 16.5. The first-order valence-corrected chi connectivity index (χ1v) is 7.93. The van der Waals surface area contributed by atoms with Gasteiger partial charge in [-0.2, -0.15) is 0 Å². The molecule has 1 N–H and O–H groups in total. The topological polar surface area (TPSA) is 52.5 Å². The fourth-order valence-corrected chi connectivity index (χ4v) is 2.99. The molecule has 0 radical (unpaired) electrons. The highest BCUT2D eigenvalue weighted by molar-refractivity contribution is 6.06. The predicted octanol–water partition coefficient (Wildman–Crippen LogP) is 2.75. The monoisotopic (exact) mass is 322 g/mol. The highest BCUT2D eigenvalue weighted by Gasteiger charge is 2.22. The number of hydrogen-bond donors (Lipinski definition) is 1. The Morgan fingerprint density at radius 3 is 2.79 bits per heavy atom. The fraction of sp³-hybridized carbons (Fsp3) is 0.211. The van der Waals surface area contributed by atoms with Crippen LogP contribution < -0.4 is 14.8 Å². The lowest BCUT2D eigenvalue weighted by atomic mass is 10.1. The molecule has 2 heterocycles. The minimum absolute atomic E-state index is 0.103. The number of para-hydroxylation sites is 3. The number of hydrogen-bond acceptors (Lipinski definition) is 3. The molecule has 0 unspecified atom stereocenters. The van der Waals surface area contributed by atoms with E-state index in [1.54, 1.807) is 0 Å². The molecule has 5 heteroatoms. The highest BCUT2D eigenvalue weighted by Crippen LogP contribution is 2.30. The number of carbonyl (C=O) groups is 1. The standard InChI is InChI=1S/C19H18N2O3/c1-21-11-15(14-6-2-3-7-16(14)21)19(22)20-10-13-12-23-17-8-4-5-9-18(17)24-13/h2-9,11,13H,10,12H2,1H3,(H,20,22)/t13-/m1/s1. The van der Waals surface area contributed by atoms with Gasteiger partial charge in [0.2, 0.25) is 0 Å². The van der Waals surface area contributed by atoms with Crippen molar-refractivity contribution in [2.24, 2.45) is 7.05 Å². The average Bonchev–Trinajstić information content (AvgIpc) is 2.97. The van der Waals surface area contributed by atoms with Crippen LogP contribution in [0.2, 0.25) is 0 Å². The first-order valence-electron chi connectivity index (χ1n) is 7.93. The normalized spacial score (nSPS) is 16.1. The Morgan fingerprint density at radius 2 is 1.92 bits per heavy atom. The van der Waals surface area contributed by atoms with E-state index in [1.807, 2.05) is 66.3 Å². The van der Waals surface area contributed by atoms with Crippen molar-refractivity contribution in [3.05, 3.63) is 60.3 Å². The van der Waals surface area contributed by atoms with Crippen LogP contribution in [0.5, 0.6) is 11.5 Å². The van der Waals surface area contributed by atoms with Gasteiger partial charge >= 0.3 is 0 Å².